The van der Waals surface area contributed by atoms with E-state index in [1.807, 2.05) is 19.1 Å². The van der Waals surface area contributed by atoms with Gasteiger partial charge in [0, 0.05) is 37.2 Å². The maximum absolute atomic E-state index is 13.1. The molecule has 1 aliphatic heterocycles. The molecule has 0 aromatic carbocycles. The highest BCUT2D eigenvalue weighted by Crippen LogP contribution is 2.46. The molecule has 4 rings (SSSR count). The Morgan fingerprint density at radius 2 is 1.81 bits per heavy atom. The van der Waals surface area contributed by atoms with Gasteiger partial charge in [0.05, 0.1) is 30.7 Å². The molecule has 2 aliphatic rings. The number of aromatic nitrogens is 1. The fraction of sp³-hybridized carbons (Fsp3) is 0.667. The van der Waals surface area contributed by atoms with Gasteiger partial charge in [0.2, 0.25) is 5.76 Å². The van der Waals surface area contributed by atoms with Crippen molar-refractivity contribution in [1.29, 1.82) is 0 Å². The standard InChI is InChI=1S/C33H49N3O6/c1-25-7-8-28(34-22-25)27-11-21-42-30(27)31(41)35-26-9-18-36(19-10-26)20-17-32(12-3-2-4-13-32)15-16-33(23-37,24-38)14-5-6-29(39)40/h7-8,11,21-22,26,37-38H,2-6,9-10,12-20,23-24H2,1H3,(H,35,41)(H,39,40). The Morgan fingerprint density at radius 3 is 2.45 bits per heavy atom. The van der Waals surface area contributed by atoms with Gasteiger partial charge in [0.25, 0.3) is 5.91 Å². The number of likely N-dealkylation sites (tertiary alicyclic amines) is 1. The molecule has 0 atom stereocenters. The number of pyridine rings is 1. The predicted octanol–water partition coefficient (Wildman–Crippen LogP) is 5.19. The molecule has 1 aliphatic carbocycles. The Labute approximate surface area is 249 Å². The lowest BCUT2D eigenvalue weighted by Crippen LogP contribution is -2.45. The third-order valence-electron chi connectivity index (χ3n) is 9.81. The lowest BCUT2D eigenvalue weighted by molar-refractivity contribution is -0.137. The molecule has 0 bridgehead atoms. The molecular weight excluding hydrogens is 534 g/mol. The van der Waals surface area contributed by atoms with Gasteiger partial charge in [-0.3, -0.25) is 14.6 Å². The second-order valence-electron chi connectivity index (χ2n) is 12.8. The minimum atomic E-state index is -0.836. The minimum absolute atomic E-state index is 0.0654. The van der Waals surface area contributed by atoms with Crippen LogP contribution in [-0.2, 0) is 4.79 Å². The summed E-state index contributed by atoms with van der Waals surface area (Å²) in [5.74, 6) is -0.730. The molecule has 3 heterocycles. The largest absolute Gasteiger partial charge is 0.481 e. The first-order valence-corrected chi connectivity index (χ1v) is 15.7. The van der Waals surface area contributed by atoms with E-state index in [-0.39, 0.29) is 37.0 Å². The van der Waals surface area contributed by atoms with Gasteiger partial charge in [-0.15, -0.1) is 0 Å². The van der Waals surface area contributed by atoms with Crippen LogP contribution in [0.15, 0.2) is 35.1 Å². The van der Waals surface area contributed by atoms with Crippen molar-refractivity contribution in [2.75, 3.05) is 32.8 Å². The van der Waals surface area contributed by atoms with E-state index in [2.05, 4.69) is 15.2 Å². The average molecular weight is 584 g/mol. The van der Waals surface area contributed by atoms with E-state index < -0.39 is 11.4 Å². The van der Waals surface area contributed by atoms with Crippen LogP contribution in [-0.4, -0.2) is 76.0 Å². The zero-order valence-electron chi connectivity index (χ0n) is 25.2. The van der Waals surface area contributed by atoms with Crippen molar-refractivity contribution in [3.63, 3.8) is 0 Å². The first-order chi connectivity index (χ1) is 20.3. The third kappa shape index (κ3) is 8.64. The molecule has 1 saturated heterocycles. The second-order valence-corrected chi connectivity index (χ2v) is 12.8. The monoisotopic (exact) mass is 583 g/mol. The van der Waals surface area contributed by atoms with Crippen molar-refractivity contribution in [3.05, 3.63) is 42.0 Å². The number of hydrogen-bond acceptors (Lipinski definition) is 7. The number of nitrogens with one attached hydrogen (secondary N) is 1. The Bertz CT molecular complexity index is 1130. The number of nitrogens with zero attached hydrogens (tertiary/aromatic N) is 2. The SMILES string of the molecule is Cc1ccc(-c2ccoc2C(=O)NC2CCN(CCC3(CCC(CO)(CO)CCCC(=O)O)CCCCC3)CC2)nc1. The van der Waals surface area contributed by atoms with E-state index in [1.165, 1.54) is 38.4 Å². The fourth-order valence-electron chi connectivity index (χ4n) is 6.82. The highest BCUT2D eigenvalue weighted by Gasteiger charge is 2.37. The van der Waals surface area contributed by atoms with E-state index in [1.54, 1.807) is 12.3 Å². The number of aliphatic hydroxyl groups excluding tert-OH is 2. The number of carboxylic acids is 1. The summed E-state index contributed by atoms with van der Waals surface area (Å²) in [7, 11) is 0. The molecule has 1 amide bonds. The minimum Gasteiger partial charge on any atom is -0.481 e. The zero-order valence-corrected chi connectivity index (χ0v) is 25.2. The highest BCUT2D eigenvalue weighted by molar-refractivity contribution is 5.97. The van der Waals surface area contributed by atoms with E-state index >= 15 is 0 Å². The van der Waals surface area contributed by atoms with Crippen molar-refractivity contribution < 1.29 is 29.3 Å². The van der Waals surface area contributed by atoms with Gasteiger partial charge < -0.3 is 30.0 Å². The summed E-state index contributed by atoms with van der Waals surface area (Å²) in [5.41, 5.74) is 2.08. The van der Waals surface area contributed by atoms with Crippen molar-refractivity contribution >= 4 is 11.9 Å². The molecule has 2 aromatic rings. The summed E-state index contributed by atoms with van der Waals surface area (Å²) in [6.45, 7) is 4.62. The van der Waals surface area contributed by atoms with Gasteiger partial charge in [0.15, 0.2) is 0 Å². The first kappa shape index (κ1) is 32.2. The quantitative estimate of drug-likeness (QED) is 0.225. The van der Waals surface area contributed by atoms with Crippen molar-refractivity contribution in [1.82, 2.24) is 15.2 Å². The van der Waals surface area contributed by atoms with E-state index in [4.69, 9.17) is 9.52 Å². The predicted molar refractivity (Wildman–Crippen MR) is 161 cm³/mol. The topological polar surface area (TPSA) is 136 Å². The Morgan fingerprint density at radius 1 is 1.07 bits per heavy atom. The highest BCUT2D eigenvalue weighted by atomic mass is 16.4. The summed E-state index contributed by atoms with van der Waals surface area (Å²) in [6.07, 6.45) is 15.0. The van der Waals surface area contributed by atoms with Crippen LogP contribution >= 0.6 is 0 Å². The average Bonchev–Trinajstić information content (AvgIpc) is 3.50. The molecule has 2 aromatic heterocycles. The maximum Gasteiger partial charge on any atom is 0.303 e. The number of furan rings is 1. The summed E-state index contributed by atoms with van der Waals surface area (Å²) >= 11 is 0. The molecule has 0 unspecified atom stereocenters. The normalized spacial score (nSPS) is 18.2. The number of carboxylic acid groups (broad SMARTS) is 1. The van der Waals surface area contributed by atoms with Crippen molar-refractivity contribution in [2.45, 2.75) is 96.4 Å². The maximum atomic E-state index is 13.1. The van der Waals surface area contributed by atoms with Gasteiger partial charge >= 0.3 is 5.97 Å². The lowest BCUT2D eigenvalue weighted by atomic mass is 9.65. The van der Waals surface area contributed by atoms with Crippen LogP contribution in [0.2, 0.25) is 0 Å². The summed E-state index contributed by atoms with van der Waals surface area (Å²) in [4.78, 5) is 31.0. The summed E-state index contributed by atoms with van der Waals surface area (Å²) in [6, 6.07) is 5.77. The summed E-state index contributed by atoms with van der Waals surface area (Å²) in [5, 5.41) is 32.5. The van der Waals surface area contributed by atoms with Crippen LogP contribution in [0, 0.1) is 17.8 Å². The number of rotatable bonds is 15. The first-order valence-electron chi connectivity index (χ1n) is 15.7. The second kappa shape index (κ2) is 15.1. The number of carbonyl (C=O) groups is 2. The van der Waals surface area contributed by atoms with Crippen LogP contribution in [0.4, 0.5) is 0 Å². The Hall–Kier alpha value is -2.75. The molecule has 232 valence electrons. The third-order valence-corrected chi connectivity index (χ3v) is 9.81. The van der Waals surface area contributed by atoms with Gasteiger partial charge in [-0.25, -0.2) is 0 Å². The van der Waals surface area contributed by atoms with Crippen LogP contribution in [0.3, 0.4) is 0 Å². The fourth-order valence-corrected chi connectivity index (χ4v) is 6.82. The summed E-state index contributed by atoms with van der Waals surface area (Å²) < 4.78 is 5.57. The number of aliphatic carboxylic acids is 1. The smallest absolute Gasteiger partial charge is 0.303 e. The lowest BCUT2D eigenvalue weighted by Gasteiger charge is -2.42. The van der Waals surface area contributed by atoms with Crippen LogP contribution in [0.25, 0.3) is 11.3 Å². The molecule has 0 spiro atoms. The number of amides is 1. The van der Waals surface area contributed by atoms with E-state index in [0.717, 1.165) is 63.0 Å². The molecule has 4 N–H and O–H groups in total. The number of aryl methyl sites for hydroxylation is 1. The van der Waals surface area contributed by atoms with Crippen molar-refractivity contribution in [2.24, 2.45) is 10.8 Å². The molecule has 2 fully saturated rings. The van der Waals surface area contributed by atoms with Gasteiger partial charge in [0.1, 0.15) is 0 Å². The van der Waals surface area contributed by atoms with E-state index in [9.17, 15) is 19.8 Å². The number of carbonyl (C=O) groups excluding carboxylic acids is 1. The van der Waals surface area contributed by atoms with Gasteiger partial charge in [-0.1, -0.05) is 25.3 Å². The molecule has 0 radical (unpaired) electrons. The molecule has 1 saturated carbocycles. The Balaban J connectivity index is 1.27. The van der Waals surface area contributed by atoms with Gasteiger partial charge in [-0.05, 0) is 94.4 Å². The molecule has 9 heteroatoms. The van der Waals surface area contributed by atoms with Gasteiger partial charge in [-0.2, -0.15) is 0 Å². The number of aliphatic hydroxyl groups is 2. The molecule has 42 heavy (non-hydrogen) atoms. The van der Waals surface area contributed by atoms with Crippen LogP contribution < -0.4 is 5.32 Å². The number of hydrogen-bond donors (Lipinski definition) is 4. The molecule has 9 nitrogen and oxygen atoms in total. The van der Waals surface area contributed by atoms with Crippen molar-refractivity contribution in [3.8, 4) is 11.3 Å². The van der Waals surface area contributed by atoms with Crippen LogP contribution in [0.5, 0.6) is 0 Å². The van der Waals surface area contributed by atoms with E-state index in [0.29, 0.717) is 24.2 Å². The Kier molecular flexibility index (Phi) is 11.6. The number of piperidine rings is 1. The molecular formula is C33H49N3O6. The zero-order chi connectivity index (χ0) is 30.0. The van der Waals surface area contributed by atoms with Crippen LogP contribution in [0.1, 0.15) is 99.6 Å².